The van der Waals surface area contributed by atoms with Crippen LogP contribution in [0.15, 0.2) is 65.1 Å². The summed E-state index contributed by atoms with van der Waals surface area (Å²) >= 11 is 0. The van der Waals surface area contributed by atoms with E-state index in [0.29, 0.717) is 28.9 Å². The number of carbonyl (C=O) groups excluding carboxylic acids is 3. The fourth-order valence-electron chi connectivity index (χ4n) is 3.54. The topological polar surface area (TPSA) is 97.6 Å². The Morgan fingerprint density at radius 2 is 1.78 bits per heavy atom. The molecule has 4 aromatic rings. The van der Waals surface area contributed by atoms with Gasteiger partial charge in [0.05, 0.1) is 0 Å². The van der Waals surface area contributed by atoms with Crippen molar-refractivity contribution < 1.29 is 23.5 Å². The van der Waals surface area contributed by atoms with E-state index in [2.05, 4.69) is 10.6 Å². The molecule has 0 fully saturated rings. The summed E-state index contributed by atoms with van der Waals surface area (Å²) in [7, 11) is 0. The lowest BCUT2D eigenvalue weighted by atomic mass is 10.1. The van der Waals surface area contributed by atoms with E-state index in [9.17, 15) is 14.4 Å². The van der Waals surface area contributed by atoms with Crippen molar-refractivity contribution in [3.05, 3.63) is 77.6 Å². The molecule has 0 bridgehead atoms. The lowest BCUT2D eigenvalue weighted by molar-refractivity contribution is -0.119. The molecule has 0 spiro atoms. The number of fused-ring (bicyclic) bond motifs is 3. The number of amides is 2. The Balaban J connectivity index is 1.45. The molecule has 1 aromatic heterocycles. The van der Waals surface area contributed by atoms with Gasteiger partial charge in [0.15, 0.2) is 6.61 Å². The van der Waals surface area contributed by atoms with E-state index >= 15 is 0 Å². The Labute approximate surface area is 184 Å². The molecule has 0 aliphatic carbocycles. The SMILES string of the molecule is CCNC(=O)c1cccc(NC(=O)COC(=O)c2oc3c(ccc4ccccc43)c2C)c1. The molecule has 1 heterocycles. The lowest BCUT2D eigenvalue weighted by Gasteiger charge is -2.08. The lowest BCUT2D eigenvalue weighted by Crippen LogP contribution is -2.23. The van der Waals surface area contributed by atoms with E-state index in [0.717, 1.165) is 16.2 Å². The van der Waals surface area contributed by atoms with Gasteiger partial charge in [0.25, 0.3) is 11.8 Å². The molecule has 0 radical (unpaired) electrons. The molecule has 0 unspecified atom stereocenters. The fraction of sp³-hybridized carbons (Fsp3) is 0.160. The predicted molar refractivity (Wildman–Crippen MR) is 122 cm³/mol. The first-order chi connectivity index (χ1) is 15.5. The molecule has 0 atom stereocenters. The van der Waals surface area contributed by atoms with Crippen LogP contribution < -0.4 is 10.6 Å². The summed E-state index contributed by atoms with van der Waals surface area (Å²) in [6.45, 7) is 3.62. The van der Waals surface area contributed by atoms with Crippen LogP contribution in [0.4, 0.5) is 5.69 Å². The van der Waals surface area contributed by atoms with Crippen molar-refractivity contribution in [2.45, 2.75) is 13.8 Å². The van der Waals surface area contributed by atoms with Crippen molar-refractivity contribution in [2.24, 2.45) is 0 Å². The largest absolute Gasteiger partial charge is 0.450 e. The van der Waals surface area contributed by atoms with Crippen molar-refractivity contribution >= 4 is 45.2 Å². The number of ether oxygens (including phenoxy) is 1. The monoisotopic (exact) mass is 430 g/mol. The number of hydrogen-bond acceptors (Lipinski definition) is 5. The molecule has 0 saturated heterocycles. The third-order valence-corrected chi connectivity index (χ3v) is 5.09. The standard InChI is InChI=1S/C25H22N2O5/c1-3-26-24(29)17-8-6-9-18(13-17)27-21(28)14-31-25(30)22-15(2)19-12-11-16-7-4-5-10-20(16)23(19)32-22/h4-13H,3,14H2,1-2H3,(H,26,29)(H,27,28). The van der Waals surface area contributed by atoms with E-state index in [1.807, 2.05) is 43.3 Å². The van der Waals surface area contributed by atoms with Crippen LogP contribution in [0.25, 0.3) is 21.7 Å². The Bertz CT molecular complexity index is 1340. The van der Waals surface area contributed by atoms with Crippen molar-refractivity contribution in [3.63, 3.8) is 0 Å². The third-order valence-electron chi connectivity index (χ3n) is 5.09. The van der Waals surface area contributed by atoms with Gasteiger partial charge in [0, 0.05) is 34.1 Å². The van der Waals surface area contributed by atoms with Crippen LogP contribution in [0, 0.1) is 6.92 Å². The van der Waals surface area contributed by atoms with Crippen molar-refractivity contribution in [3.8, 4) is 0 Å². The van der Waals surface area contributed by atoms with Crippen LogP contribution in [0.1, 0.15) is 33.4 Å². The third kappa shape index (κ3) is 4.18. The van der Waals surface area contributed by atoms with Gasteiger partial charge in [-0.25, -0.2) is 4.79 Å². The number of anilines is 1. The highest BCUT2D eigenvalue weighted by Crippen LogP contribution is 2.32. The van der Waals surface area contributed by atoms with Gasteiger partial charge in [-0.3, -0.25) is 9.59 Å². The first-order valence-electron chi connectivity index (χ1n) is 10.2. The highest BCUT2D eigenvalue weighted by molar-refractivity contribution is 6.08. The Morgan fingerprint density at radius 3 is 2.59 bits per heavy atom. The van der Waals surface area contributed by atoms with E-state index in [1.165, 1.54) is 0 Å². The second-order valence-electron chi connectivity index (χ2n) is 7.28. The summed E-state index contributed by atoms with van der Waals surface area (Å²) in [6, 6.07) is 18.1. The molecule has 2 amide bonds. The second-order valence-corrected chi connectivity index (χ2v) is 7.28. The summed E-state index contributed by atoms with van der Waals surface area (Å²) < 4.78 is 11.0. The molecule has 2 N–H and O–H groups in total. The number of furan rings is 1. The van der Waals surface area contributed by atoms with Gasteiger partial charge in [-0.1, -0.05) is 42.5 Å². The molecule has 0 aliphatic heterocycles. The van der Waals surface area contributed by atoms with Crippen molar-refractivity contribution in [1.29, 1.82) is 0 Å². The normalized spacial score (nSPS) is 10.8. The number of rotatable bonds is 6. The maximum absolute atomic E-state index is 12.6. The van der Waals surface area contributed by atoms with Gasteiger partial charge in [0.2, 0.25) is 5.76 Å². The Hall–Kier alpha value is -4.13. The number of nitrogens with one attached hydrogen (secondary N) is 2. The van der Waals surface area contributed by atoms with Crippen LogP contribution in [-0.2, 0) is 9.53 Å². The Morgan fingerprint density at radius 1 is 0.969 bits per heavy atom. The second kappa shape index (κ2) is 8.93. The van der Waals surface area contributed by atoms with Gasteiger partial charge in [-0.15, -0.1) is 0 Å². The molecule has 0 aliphatic rings. The molecule has 3 aromatic carbocycles. The zero-order valence-corrected chi connectivity index (χ0v) is 17.7. The van der Waals surface area contributed by atoms with Crippen LogP contribution in [-0.4, -0.2) is 30.9 Å². The molecular weight excluding hydrogens is 408 g/mol. The van der Waals surface area contributed by atoms with Gasteiger partial charge in [0.1, 0.15) is 5.58 Å². The number of hydrogen-bond donors (Lipinski definition) is 2. The quantitative estimate of drug-likeness (QED) is 0.441. The fourth-order valence-corrected chi connectivity index (χ4v) is 3.54. The molecule has 32 heavy (non-hydrogen) atoms. The van der Waals surface area contributed by atoms with Gasteiger partial charge in [-0.2, -0.15) is 0 Å². The first kappa shape index (κ1) is 21.1. The van der Waals surface area contributed by atoms with Crippen LogP contribution >= 0.6 is 0 Å². The predicted octanol–water partition coefficient (Wildman–Crippen LogP) is 4.44. The molecule has 0 saturated carbocycles. The zero-order chi connectivity index (χ0) is 22.7. The van der Waals surface area contributed by atoms with Crippen LogP contribution in [0.5, 0.6) is 0 Å². The minimum atomic E-state index is -0.714. The van der Waals surface area contributed by atoms with Gasteiger partial charge >= 0.3 is 5.97 Å². The number of aryl methyl sites for hydroxylation is 1. The number of esters is 1. The van der Waals surface area contributed by atoms with Crippen molar-refractivity contribution in [1.82, 2.24) is 5.32 Å². The first-order valence-corrected chi connectivity index (χ1v) is 10.2. The van der Waals surface area contributed by atoms with Gasteiger partial charge < -0.3 is 19.8 Å². The van der Waals surface area contributed by atoms with Crippen LogP contribution in [0.3, 0.4) is 0 Å². The summed E-state index contributed by atoms with van der Waals surface area (Å²) in [5, 5.41) is 8.05. The van der Waals surface area contributed by atoms with Crippen LogP contribution in [0.2, 0.25) is 0 Å². The smallest absolute Gasteiger partial charge is 0.375 e. The van der Waals surface area contributed by atoms with E-state index in [-0.39, 0.29) is 11.7 Å². The molecular formula is C25H22N2O5. The molecule has 162 valence electrons. The summed E-state index contributed by atoms with van der Waals surface area (Å²) in [4.78, 5) is 36.8. The highest BCUT2D eigenvalue weighted by Gasteiger charge is 2.21. The minimum absolute atomic E-state index is 0.0717. The average Bonchev–Trinajstić information content (AvgIpc) is 3.15. The number of carbonyl (C=O) groups is 3. The zero-order valence-electron chi connectivity index (χ0n) is 17.7. The average molecular weight is 430 g/mol. The maximum Gasteiger partial charge on any atom is 0.375 e. The number of benzene rings is 3. The summed E-state index contributed by atoms with van der Waals surface area (Å²) in [5.41, 5.74) is 2.12. The maximum atomic E-state index is 12.6. The van der Waals surface area contributed by atoms with E-state index < -0.39 is 18.5 Å². The summed E-state index contributed by atoms with van der Waals surface area (Å²) in [5.74, 6) is -1.40. The minimum Gasteiger partial charge on any atom is -0.450 e. The highest BCUT2D eigenvalue weighted by atomic mass is 16.5. The summed E-state index contributed by atoms with van der Waals surface area (Å²) in [6.07, 6.45) is 0. The molecule has 7 heteroatoms. The Kier molecular flexibility index (Phi) is 5.89. The van der Waals surface area contributed by atoms with Crippen molar-refractivity contribution in [2.75, 3.05) is 18.5 Å². The van der Waals surface area contributed by atoms with Gasteiger partial charge in [-0.05, 0) is 37.4 Å². The van der Waals surface area contributed by atoms with E-state index in [1.54, 1.807) is 31.2 Å². The van der Waals surface area contributed by atoms with E-state index in [4.69, 9.17) is 9.15 Å². The molecule has 7 nitrogen and oxygen atoms in total. The molecule has 4 rings (SSSR count).